The van der Waals surface area contributed by atoms with Crippen LogP contribution in [0.1, 0.15) is 34.3 Å². The normalized spacial score (nSPS) is 12.1. The minimum atomic E-state index is 0.0171. The van der Waals surface area contributed by atoms with Crippen molar-refractivity contribution in [1.29, 1.82) is 0 Å². The van der Waals surface area contributed by atoms with E-state index >= 15 is 0 Å². The van der Waals surface area contributed by atoms with Crippen molar-refractivity contribution in [1.82, 2.24) is 4.98 Å². The van der Waals surface area contributed by atoms with Crippen LogP contribution < -0.4 is 5.73 Å². The molecule has 0 amide bonds. The molecule has 3 nitrogen and oxygen atoms in total. The fraction of sp³-hybridized carbons (Fsp3) is 0.200. The van der Waals surface area contributed by atoms with Crippen molar-refractivity contribution in [2.75, 3.05) is 6.54 Å². The summed E-state index contributed by atoms with van der Waals surface area (Å²) in [5.41, 5.74) is 8.09. The van der Waals surface area contributed by atoms with Crippen molar-refractivity contribution in [2.45, 2.75) is 12.8 Å². The average Bonchev–Trinajstić information content (AvgIpc) is 2.46. The Kier molecular flexibility index (Phi) is 3.85. The van der Waals surface area contributed by atoms with Gasteiger partial charge in [0.15, 0.2) is 5.78 Å². The minimum absolute atomic E-state index is 0.0171. The second-order valence-electron chi connectivity index (χ2n) is 4.33. The number of benzene rings is 1. The van der Waals surface area contributed by atoms with Gasteiger partial charge in [-0.3, -0.25) is 9.78 Å². The number of hydrogen-bond acceptors (Lipinski definition) is 3. The largest absolute Gasteiger partial charge is 0.330 e. The lowest BCUT2D eigenvalue weighted by Crippen LogP contribution is -2.10. The molecule has 0 aliphatic heterocycles. The number of nitrogens with two attached hydrogens (primary N) is 1. The number of rotatable bonds is 4. The maximum atomic E-state index is 12.3. The van der Waals surface area contributed by atoms with Gasteiger partial charge in [0, 0.05) is 23.5 Å². The summed E-state index contributed by atoms with van der Waals surface area (Å²) in [4.78, 5) is 16.2. The summed E-state index contributed by atoms with van der Waals surface area (Å²) in [7, 11) is 0. The second kappa shape index (κ2) is 5.56. The van der Waals surface area contributed by atoms with E-state index in [0.717, 1.165) is 5.56 Å². The molecule has 92 valence electrons. The number of aromatic nitrogens is 1. The molecule has 2 aromatic rings. The van der Waals surface area contributed by atoms with E-state index in [1.165, 1.54) is 0 Å². The zero-order valence-corrected chi connectivity index (χ0v) is 10.3. The lowest BCUT2D eigenvalue weighted by molar-refractivity contribution is 0.103. The van der Waals surface area contributed by atoms with Gasteiger partial charge in [0.1, 0.15) is 0 Å². The first-order valence-electron chi connectivity index (χ1n) is 5.97. The SMILES string of the molecule is CC(CN)c1cccc(C(=O)c2ccncc2)c1. The van der Waals surface area contributed by atoms with Crippen LogP contribution in [-0.2, 0) is 0 Å². The van der Waals surface area contributed by atoms with Gasteiger partial charge in [-0.2, -0.15) is 0 Å². The van der Waals surface area contributed by atoms with E-state index in [9.17, 15) is 4.79 Å². The molecule has 0 aliphatic carbocycles. The number of carbonyl (C=O) groups excluding carboxylic acids is 1. The monoisotopic (exact) mass is 240 g/mol. The van der Waals surface area contributed by atoms with E-state index in [4.69, 9.17) is 5.73 Å². The van der Waals surface area contributed by atoms with Crippen LogP contribution in [-0.4, -0.2) is 17.3 Å². The number of carbonyl (C=O) groups is 1. The highest BCUT2D eigenvalue weighted by molar-refractivity contribution is 6.08. The van der Waals surface area contributed by atoms with Gasteiger partial charge in [-0.15, -0.1) is 0 Å². The molecule has 18 heavy (non-hydrogen) atoms. The minimum Gasteiger partial charge on any atom is -0.330 e. The summed E-state index contributed by atoms with van der Waals surface area (Å²) >= 11 is 0. The van der Waals surface area contributed by atoms with Gasteiger partial charge in [-0.05, 0) is 36.2 Å². The van der Waals surface area contributed by atoms with Gasteiger partial charge in [-0.1, -0.05) is 25.1 Å². The smallest absolute Gasteiger partial charge is 0.193 e. The first-order valence-corrected chi connectivity index (χ1v) is 5.97. The van der Waals surface area contributed by atoms with Crippen LogP contribution in [0.3, 0.4) is 0 Å². The molecule has 1 aromatic carbocycles. The fourth-order valence-electron chi connectivity index (χ4n) is 1.79. The predicted molar refractivity (Wildman–Crippen MR) is 71.6 cm³/mol. The lowest BCUT2D eigenvalue weighted by Gasteiger charge is -2.10. The summed E-state index contributed by atoms with van der Waals surface area (Å²) in [5.74, 6) is 0.277. The maximum absolute atomic E-state index is 12.3. The van der Waals surface area contributed by atoms with E-state index in [1.807, 2.05) is 24.3 Å². The molecule has 2 N–H and O–H groups in total. The molecule has 1 aromatic heterocycles. The quantitative estimate of drug-likeness (QED) is 0.835. The van der Waals surface area contributed by atoms with Crippen molar-refractivity contribution >= 4 is 5.78 Å². The Labute approximate surface area is 107 Å². The van der Waals surface area contributed by atoms with Gasteiger partial charge in [-0.25, -0.2) is 0 Å². The highest BCUT2D eigenvalue weighted by Gasteiger charge is 2.10. The summed E-state index contributed by atoms with van der Waals surface area (Å²) < 4.78 is 0. The summed E-state index contributed by atoms with van der Waals surface area (Å²) in [6.07, 6.45) is 3.25. The van der Waals surface area contributed by atoms with Crippen LogP contribution in [0.15, 0.2) is 48.8 Å². The predicted octanol–water partition coefficient (Wildman–Crippen LogP) is 2.37. The molecular weight excluding hydrogens is 224 g/mol. The Bertz CT molecular complexity index is 537. The number of hydrogen-bond donors (Lipinski definition) is 1. The van der Waals surface area contributed by atoms with Crippen LogP contribution in [0, 0.1) is 0 Å². The number of ketones is 1. The van der Waals surface area contributed by atoms with Crippen molar-refractivity contribution in [2.24, 2.45) is 5.73 Å². The van der Waals surface area contributed by atoms with Crippen LogP contribution in [0.2, 0.25) is 0 Å². The molecular formula is C15H16N2O. The third kappa shape index (κ3) is 2.63. The third-order valence-electron chi connectivity index (χ3n) is 3.01. The average molecular weight is 240 g/mol. The van der Waals surface area contributed by atoms with E-state index in [1.54, 1.807) is 24.5 Å². The van der Waals surface area contributed by atoms with Crippen LogP contribution in [0.4, 0.5) is 0 Å². The Morgan fingerprint density at radius 2 is 1.94 bits per heavy atom. The zero-order valence-electron chi connectivity index (χ0n) is 10.3. The van der Waals surface area contributed by atoms with Gasteiger partial charge in [0.2, 0.25) is 0 Å². The molecule has 0 saturated carbocycles. The van der Waals surface area contributed by atoms with Crippen molar-refractivity contribution < 1.29 is 4.79 Å². The molecule has 2 rings (SSSR count). The molecule has 1 atom stereocenters. The standard InChI is InChI=1S/C15H16N2O/c1-11(10-16)13-3-2-4-14(9-13)15(18)12-5-7-17-8-6-12/h2-9,11H,10,16H2,1H3. The Hall–Kier alpha value is -2.00. The van der Waals surface area contributed by atoms with Gasteiger partial charge < -0.3 is 5.73 Å². The lowest BCUT2D eigenvalue weighted by atomic mass is 9.96. The first kappa shape index (κ1) is 12.5. The summed E-state index contributed by atoms with van der Waals surface area (Å²) in [5, 5.41) is 0. The molecule has 1 heterocycles. The fourth-order valence-corrected chi connectivity index (χ4v) is 1.79. The first-order chi connectivity index (χ1) is 8.72. The van der Waals surface area contributed by atoms with Crippen molar-refractivity contribution in [3.63, 3.8) is 0 Å². The van der Waals surface area contributed by atoms with Crippen molar-refractivity contribution in [3.8, 4) is 0 Å². The maximum Gasteiger partial charge on any atom is 0.193 e. The number of pyridine rings is 1. The van der Waals surface area contributed by atoms with Gasteiger partial charge in [0.05, 0.1) is 0 Å². The molecule has 0 spiro atoms. The Morgan fingerprint density at radius 1 is 1.22 bits per heavy atom. The number of nitrogens with zero attached hydrogens (tertiary/aromatic N) is 1. The van der Waals surface area contributed by atoms with E-state index in [0.29, 0.717) is 17.7 Å². The second-order valence-corrected chi connectivity index (χ2v) is 4.33. The molecule has 0 aliphatic rings. The molecule has 0 radical (unpaired) electrons. The van der Waals surface area contributed by atoms with Crippen molar-refractivity contribution in [3.05, 3.63) is 65.5 Å². The topological polar surface area (TPSA) is 56.0 Å². The Morgan fingerprint density at radius 3 is 2.61 bits per heavy atom. The highest BCUT2D eigenvalue weighted by atomic mass is 16.1. The Balaban J connectivity index is 2.32. The van der Waals surface area contributed by atoms with Crippen LogP contribution in [0.25, 0.3) is 0 Å². The van der Waals surface area contributed by atoms with Crippen LogP contribution >= 0.6 is 0 Å². The molecule has 0 fully saturated rings. The van der Waals surface area contributed by atoms with E-state index < -0.39 is 0 Å². The third-order valence-corrected chi connectivity index (χ3v) is 3.01. The molecule has 3 heteroatoms. The van der Waals surface area contributed by atoms with E-state index in [2.05, 4.69) is 11.9 Å². The van der Waals surface area contributed by atoms with Gasteiger partial charge >= 0.3 is 0 Å². The highest BCUT2D eigenvalue weighted by Crippen LogP contribution is 2.17. The zero-order chi connectivity index (χ0) is 13.0. The van der Waals surface area contributed by atoms with Gasteiger partial charge in [0.25, 0.3) is 0 Å². The summed E-state index contributed by atoms with van der Waals surface area (Å²) in [6, 6.07) is 11.1. The van der Waals surface area contributed by atoms with E-state index in [-0.39, 0.29) is 11.7 Å². The molecule has 0 bridgehead atoms. The van der Waals surface area contributed by atoms with Crippen LogP contribution in [0.5, 0.6) is 0 Å². The molecule has 0 saturated heterocycles. The summed E-state index contributed by atoms with van der Waals surface area (Å²) in [6.45, 7) is 2.63. The molecule has 1 unspecified atom stereocenters.